The first kappa shape index (κ1) is 14.1. The SMILES string of the molecule is OCC(COCc1ccccc1)c1ccc(Cl)cc1. The lowest BCUT2D eigenvalue weighted by atomic mass is 10.0. The number of hydrogen-bond donors (Lipinski definition) is 1. The van der Waals surface area contributed by atoms with Crippen LogP contribution in [0.1, 0.15) is 17.0 Å². The van der Waals surface area contributed by atoms with E-state index in [0.29, 0.717) is 18.2 Å². The third-order valence-electron chi connectivity index (χ3n) is 2.99. The molecule has 0 heterocycles. The Morgan fingerprint density at radius 2 is 1.68 bits per heavy atom. The van der Waals surface area contributed by atoms with Gasteiger partial charge in [0, 0.05) is 10.9 Å². The van der Waals surface area contributed by atoms with Gasteiger partial charge in [0.1, 0.15) is 0 Å². The van der Waals surface area contributed by atoms with Gasteiger partial charge in [0.05, 0.1) is 19.8 Å². The van der Waals surface area contributed by atoms with E-state index in [1.807, 2.05) is 54.6 Å². The summed E-state index contributed by atoms with van der Waals surface area (Å²) < 4.78 is 5.66. The fourth-order valence-corrected chi connectivity index (χ4v) is 2.01. The quantitative estimate of drug-likeness (QED) is 0.873. The number of benzene rings is 2. The Hall–Kier alpha value is -1.35. The number of rotatable bonds is 6. The van der Waals surface area contributed by atoms with E-state index in [-0.39, 0.29) is 12.5 Å². The lowest BCUT2D eigenvalue weighted by Gasteiger charge is -2.15. The van der Waals surface area contributed by atoms with Crippen LogP contribution < -0.4 is 0 Å². The zero-order valence-corrected chi connectivity index (χ0v) is 11.4. The van der Waals surface area contributed by atoms with Gasteiger partial charge in [-0.15, -0.1) is 0 Å². The molecule has 0 saturated heterocycles. The van der Waals surface area contributed by atoms with E-state index in [9.17, 15) is 5.11 Å². The molecule has 100 valence electrons. The predicted octanol–water partition coefficient (Wildman–Crippen LogP) is 3.63. The largest absolute Gasteiger partial charge is 0.396 e. The fourth-order valence-electron chi connectivity index (χ4n) is 1.88. The standard InChI is InChI=1S/C16H17ClO2/c17-16-8-6-14(7-9-16)15(10-18)12-19-11-13-4-2-1-3-5-13/h1-9,15,18H,10-12H2. The maximum Gasteiger partial charge on any atom is 0.0717 e. The van der Waals surface area contributed by atoms with Crippen LogP contribution in [0.3, 0.4) is 0 Å². The minimum atomic E-state index is -0.0130. The van der Waals surface area contributed by atoms with Gasteiger partial charge in [-0.05, 0) is 23.3 Å². The van der Waals surface area contributed by atoms with Crippen molar-refractivity contribution in [3.05, 3.63) is 70.7 Å². The molecule has 2 aromatic rings. The van der Waals surface area contributed by atoms with E-state index < -0.39 is 0 Å². The van der Waals surface area contributed by atoms with Crippen molar-refractivity contribution >= 4 is 11.6 Å². The molecule has 1 N–H and O–H groups in total. The van der Waals surface area contributed by atoms with Crippen LogP contribution in [0.15, 0.2) is 54.6 Å². The lowest BCUT2D eigenvalue weighted by molar-refractivity contribution is 0.0882. The average Bonchev–Trinajstić information content (AvgIpc) is 2.46. The Balaban J connectivity index is 1.87. The highest BCUT2D eigenvalue weighted by Crippen LogP contribution is 2.19. The Morgan fingerprint density at radius 3 is 2.32 bits per heavy atom. The van der Waals surface area contributed by atoms with Gasteiger partial charge in [-0.1, -0.05) is 54.1 Å². The summed E-state index contributed by atoms with van der Waals surface area (Å²) in [7, 11) is 0. The minimum absolute atomic E-state index is 0.0130. The molecule has 2 aromatic carbocycles. The lowest BCUT2D eigenvalue weighted by Crippen LogP contribution is -2.12. The predicted molar refractivity (Wildman–Crippen MR) is 77.4 cm³/mol. The Morgan fingerprint density at radius 1 is 1.00 bits per heavy atom. The second-order valence-electron chi connectivity index (χ2n) is 4.43. The molecule has 0 aliphatic rings. The third-order valence-corrected chi connectivity index (χ3v) is 3.24. The van der Waals surface area contributed by atoms with Gasteiger partial charge in [-0.3, -0.25) is 0 Å². The number of aliphatic hydroxyl groups excluding tert-OH is 1. The van der Waals surface area contributed by atoms with Gasteiger partial charge in [0.2, 0.25) is 0 Å². The van der Waals surface area contributed by atoms with Crippen molar-refractivity contribution in [2.45, 2.75) is 12.5 Å². The molecule has 0 fully saturated rings. The summed E-state index contributed by atoms with van der Waals surface area (Å²) in [5, 5.41) is 10.1. The first-order valence-electron chi connectivity index (χ1n) is 6.27. The number of aliphatic hydroxyl groups is 1. The molecule has 0 radical (unpaired) electrons. The van der Waals surface area contributed by atoms with Gasteiger partial charge in [-0.25, -0.2) is 0 Å². The van der Waals surface area contributed by atoms with Crippen molar-refractivity contribution in [3.8, 4) is 0 Å². The molecular weight excluding hydrogens is 260 g/mol. The second kappa shape index (κ2) is 7.29. The molecule has 0 aliphatic heterocycles. The van der Waals surface area contributed by atoms with Crippen LogP contribution in [-0.2, 0) is 11.3 Å². The van der Waals surface area contributed by atoms with Gasteiger partial charge in [-0.2, -0.15) is 0 Å². The fraction of sp³-hybridized carbons (Fsp3) is 0.250. The van der Waals surface area contributed by atoms with Crippen LogP contribution >= 0.6 is 11.6 Å². The molecule has 0 saturated carbocycles. The molecule has 0 amide bonds. The van der Waals surface area contributed by atoms with Crippen molar-refractivity contribution < 1.29 is 9.84 Å². The molecular formula is C16H17ClO2. The van der Waals surface area contributed by atoms with Crippen LogP contribution in [0.2, 0.25) is 5.02 Å². The second-order valence-corrected chi connectivity index (χ2v) is 4.87. The minimum Gasteiger partial charge on any atom is -0.396 e. The first-order valence-corrected chi connectivity index (χ1v) is 6.65. The normalized spacial score (nSPS) is 12.3. The van der Waals surface area contributed by atoms with Gasteiger partial charge in [0.25, 0.3) is 0 Å². The van der Waals surface area contributed by atoms with E-state index in [0.717, 1.165) is 11.1 Å². The molecule has 3 heteroatoms. The van der Waals surface area contributed by atoms with E-state index in [1.165, 1.54) is 0 Å². The molecule has 2 rings (SSSR count). The average molecular weight is 277 g/mol. The molecule has 19 heavy (non-hydrogen) atoms. The zero-order chi connectivity index (χ0) is 13.5. The van der Waals surface area contributed by atoms with E-state index in [4.69, 9.17) is 16.3 Å². The molecule has 1 unspecified atom stereocenters. The van der Waals surface area contributed by atoms with Crippen LogP contribution in [0, 0.1) is 0 Å². The monoisotopic (exact) mass is 276 g/mol. The van der Waals surface area contributed by atoms with E-state index >= 15 is 0 Å². The Kier molecular flexibility index (Phi) is 5.40. The van der Waals surface area contributed by atoms with Gasteiger partial charge < -0.3 is 9.84 Å². The summed E-state index contributed by atoms with van der Waals surface area (Å²) in [5.74, 6) is -0.0130. The molecule has 0 aliphatic carbocycles. The molecule has 0 spiro atoms. The molecule has 0 aromatic heterocycles. The maximum absolute atomic E-state index is 9.43. The topological polar surface area (TPSA) is 29.5 Å². The van der Waals surface area contributed by atoms with Crippen molar-refractivity contribution in [2.75, 3.05) is 13.2 Å². The molecule has 1 atom stereocenters. The summed E-state index contributed by atoms with van der Waals surface area (Å²) in [6.45, 7) is 1.12. The highest BCUT2D eigenvalue weighted by molar-refractivity contribution is 6.30. The van der Waals surface area contributed by atoms with Crippen LogP contribution in [0.5, 0.6) is 0 Å². The third kappa shape index (κ3) is 4.35. The number of halogens is 1. The van der Waals surface area contributed by atoms with Crippen LogP contribution in [0.25, 0.3) is 0 Å². The summed E-state index contributed by atoms with van der Waals surface area (Å²) in [6, 6.07) is 17.5. The zero-order valence-electron chi connectivity index (χ0n) is 10.6. The Bertz CT molecular complexity index is 482. The molecule has 2 nitrogen and oxygen atoms in total. The van der Waals surface area contributed by atoms with Crippen molar-refractivity contribution in [2.24, 2.45) is 0 Å². The molecule has 0 bridgehead atoms. The van der Waals surface area contributed by atoms with Crippen LogP contribution in [-0.4, -0.2) is 18.3 Å². The van der Waals surface area contributed by atoms with Crippen LogP contribution in [0.4, 0.5) is 0 Å². The van der Waals surface area contributed by atoms with Crippen molar-refractivity contribution in [3.63, 3.8) is 0 Å². The van der Waals surface area contributed by atoms with Crippen molar-refractivity contribution in [1.82, 2.24) is 0 Å². The van der Waals surface area contributed by atoms with E-state index in [2.05, 4.69) is 0 Å². The maximum atomic E-state index is 9.43. The number of hydrogen-bond acceptors (Lipinski definition) is 2. The summed E-state index contributed by atoms with van der Waals surface area (Å²) >= 11 is 5.85. The Labute approximate surface area is 118 Å². The smallest absolute Gasteiger partial charge is 0.0717 e. The summed E-state index contributed by atoms with van der Waals surface area (Å²) in [5.41, 5.74) is 2.18. The first-order chi connectivity index (χ1) is 9.29. The number of ether oxygens (including phenoxy) is 1. The summed E-state index contributed by atoms with van der Waals surface area (Å²) in [6.07, 6.45) is 0. The van der Waals surface area contributed by atoms with Crippen molar-refractivity contribution in [1.29, 1.82) is 0 Å². The van der Waals surface area contributed by atoms with Gasteiger partial charge in [0.15, 0.2) is 0 Å². The van der Waals surface area contributed by atoms with E-state index in [1.54, 1.807) is 0 Å². The highest BCUT2D eigenvalue weighted by atomic mass is 35.5. The summed E-state index contributed by atoms with van der Waals surface area (Å²) in [4.78, 5) is 0. The van der Waals surface area contributed by atoms with Gasteiger partial charge >= 0.3 is 0 Å². The highest BCUT2D eigenvalue weighted by Gasteiger charge is 2.10.